The number of benzene rings is 2. The summed E-state index contributed by atoms with van der Waals surface area (Å²) in [6.07, 6.45) is 2.44. The maximum absolute atomic E-state index is 12.9. The third kappa shape index (κ3) is 4.07. The molecule has 6 heteroatoms. The lowest BCUT2D eigenvalue weighted by Crippen LogP contribution is -2.25. The highest BCUT2D eigenvalue weighted by molar-refractivity contribution is 6.31. The molecule has 1 N–H and O–H groups in total. The molecule has 0 bridgehead atoms. The molecule has 30 heavy (non-hydrogen) atoms. The number of amides is 1. The number of fused-ring (bicyclic) bond motifs is 1. The second kappa shape index (κ2) is 8.50. The molecule has 0 fully saturated rings. The summed E-state index contributed by atoms with van der Waals surface area (Å²) in [5, 5.41) is 4.34. The van der Waals surface area contributed by atoms with Gasteiger partial charge < -0.3 is 5.32 Å². The molecule has 2 aromatic carbocycles. The van der Waals surface area contributed by atoms with Crippen molar-refractivity contribution in [1.82, 2.24) is 14.7 Å². The van der Waals surface area contributed by atoms with E-state index in [9.17, 15) is 4.79 Å². The van der Waals surface area contributed by atoms with Crippen LogP contribution in [0.15, 0.2) is 60.8 Å². The lowest BCUT2D eigenvalue weighted by molar-refractivity contribution is 0.0944. The van der Waals surface area contributed by atoms with E-state index in [4.69, 9.17) is 23.2 Å². The summed E-state index contributed by atoms with van der Waals surface area (Å²) < 4.78 is 1.78. The normalized spacial score (nSPS) is 11.1. The van der Waals surface area contributed by atoms with Crippen molar-refractivity contribution >= 4 is 34.8 Å². The molecular weight excluding hydrogens is 417 g/mol. The molecule has 4 rings (SSSR count). The zero-order valence-electron chi connectivity index (χ0n) is 16.7. The Morgan fingerprint density at radius 2 is 1.77 bits per heavy atom. The first-order valence-electron chi connectivity index (χ1n) is 9.76. The highest BCUT2D eigenvalue weighted by Crippen LogP contribution is 2.26. The number of hydrogen-bond acceptors (Lipinski definition) is 2. The average Bonchev–Trinajstić information content (AvgIpc) is 3.10. The summed E-state index contributed by atoms with van der Waals surface area (Å²) in [6.45, 7) is 4.46. The van der Waals surface area contributed by atoms with Gasteiger partial charge in [0.2, 0.25) is 0 Å². The molecule has 0 unspecified atom stereocenters. The summed E-state index contributed by atoms with van der Waals surface area (Å²) in [5.74, 6) is -0.153. The number of halogens is 2. The van der Waals surface area contributed by atoms with Gasteiger partial charge in [0.05, 0.1) is 5.69 Å². The minimum Gasteiger partial charge on any atom is -0.347 e. The summed E-state index contributed by atoms with van der Waals surface area (Å²) in [7, 11) is 0. The second-order valence-corrected chi connectivity index (χ2v) is 8.05. The van der Waals surface area contributed by atoms with E-state index in [1.807, 2.05) is 44.2 Å². The van der Waals surface area contributed by atoms with Crippen molar-refractivity contribution in [2.75, 3.05) is 0 Å². The van der Waals surface area contributed by atoms with E-state index in [1.54, 1.807) is 22.7 Å². The van der Waals surface area contributed by atoms with E-state index in [-0.39, 0.29) is 5.91 Å². The Bertz CT molecular complexity index is 1230. The van der Waals surface area contributed by atoms with E-state index in [0.29, 0.717) is 29.3 Å². The predicted molar refractivity (Wildman–Crippen MR) is 122 cm³/mol. The van der Waals surface area contributed by atoms with E-state index >= 15 is 0 Å². The molecule has 4 nitrogen and oxygen atoms in total. The Balaban J connectivity index is 1.51. The molecule has 0 saturated carbocycles. The van der Waals surface area contributed by atoms with Crippen molar-refractivity contribution in [2.24, 2.45) is 0 Å². The van der Waals surface area contributed by atoms with Crippen molar-refractivity contribution in [3.8, 4) is 11.1 Å². The monoisotopic (exact) mass is 437 g/mol. The van der Waals surface area contributed by atoms with Gasteiger partial charge in [-0.2, -0.15) is 0 Å². The fourth-order valence-corrected chi connectivity index (χ4v) is 3.96. The number of aromatic nitrogens is 2. The molecule has 2 aromatic heterocycles. The van der Waals surface area contributed by atoms with Crippen LogP contribution in [-0.2, 0) is 13.0 Å². The summed E-state index contributed by atoms with van der Waals surface area (Å²) in [4.78, 5) is 17.4. The third-order valence-corrected chi connectivity index (χ3v) is 5.59. The van der Waals surface area contributed by atoms with Gasteiger partial charge in [-0.05, 0) is 53.8 Å². The Morgan fingerprint density at radius 3 is 2.47 bits per heavy atom. The highest BCUT2D eigenvalue weighted by atomic mass is 35.5. The van der Waals surface area contributed by atoms with Crippen molar-refractivity contribution in [1.29, 1.82) is 0 Å². The van der Waals surface area contributed by atoms with Gasteiger partial charge in [0.25, 0.3) is 5.91 Å². The molecule has 0 saturated heterocycles. The first-order chi connectivity index (χ1) is 14.5. The molecule has 152 valence electrons. The Kier molecular flexibility index (Phi) is 5.80. The molecule has 0 spiro atoms. The van der Waals surface area contributed by atoms with Gasteiger partial charge in [-0.25, -0.2) is 4.98 Å². The summed E-state index contributed by atoms with van der Waals surface area (Å²) in [5.41, 5.74) is 6.39. The molecule has 4 aromatic rings. The molecule has 0 aliphatic heterocycles. The average molecular weight is 438 g/mol. The highest BCUT2D eigenvalue weighted by Gasteiger charge is 2.18. The van der Waals surface area contributed by atoms with E-state index in [1.165, 1.54) is 0 Å². The van der Waals surface area contributed by atoms with Crippen LogP contribution in [0.4, 0.5) is 0 Å². The topological polar surface area (TPSA) is 46.4 Å². The van der Waals surface area contributed by atoms with E-state index in [0.717, 1.165) is 33.0 Å². The Hall–Kier alpha value is -2.82. The number of hydrogen-bond donors (Lipinski definition) is 1. The largest absolute Gasteiger partial charge is 0.347 e. The number of rotatable bonds is 5. The standard InChI is InChI=1S/C24H21Cl2N3O/c1-3-21-23(29-11-10-19(26)13-22(29)28-21)24(30)27-14-16-4-6-17(7-5-16)20-9-8-18(25)12-15(20)2/h4-13H,3,14H2,1-2H3,(H,27,30). The number of imidazole rings is 1. The molecule has 2 heterocycles. The Labute approximate surface area is 185 Å². The van der Waals surface area contributed by atoms with Crippen LogP contribution in [0.1, 0.15) is 34.2 Å². The van der Waals surface area contributed by atoms with Gasteiger partial charge >= 0.3 is 0 Å². The van der Waals surface area contributed by atoms with Crippen molar-refractivity contribution in [3.63, 3.8) is 0 Å². The van der Waals surface area contributed by atoms with Crippen LogP contribution >= 0.6 is 23.2 Å². The smallest absolute Gasteiger partial charge is 0.270 e. The van der Waals surface area contributed by atoms with E-state index in [2.05, 4.69) is 22.4 Å². The predicted octanol–water partition coefficient (Wildman–Crippen LogP) is 6.11. The van der Waals surface area contributed by atoms with Crippen LogP contribution in [0.5, 0.6) is 0 Å². The first kappa shape index (κ1) is 20.5. The maximum Gasteiger partial charge on any atom is 0.270 e. The lowest BCUT2D eigenvalue weighted by atomic mass is 9.99. The van der Waals surface area contributed by atoms with Gasteiger partial charge in [0, 0.05) is 28.9 Å². The molecular formula is C24H21Cl2N3O. The SMILES string of the molecule is CCc1nc2cc(Cl)ccn2c1C(=O)NCc1ccc(-c2ccc(Cl)cc2C)cc1. The number of nitrogens with zero attached hydrogens (tertiary/aromatic N) is 2. The van der Waals surface area contributed by atoms with Crippen LogP contribution in [0, 0.1) is 6.92 Å². The Morgan fingerprint density at radius 1 is 1.03 bits per heavy atom. The maximum atomic E-state index is 12.9. The van der Waals surface area contributed by atoms with Crippen molar-refractivity contribution in [3.05, 3.63) is 93.4 Å². The van der Waals surface area contributed by atoms with Gasteiger partial charge in [0.15, 0.2) is 0 Å². The quantitative estimate of drug-likeness (QED) is 0.409. The fraction of sp³-hybridized carbons (Fsp3) is 0.167. The molecule has 1 amide bonds. The minimum absolute atomic E-state index is 0.153. The molecule has 0 atom stereocenters. The van der Waals surface area contributed by atoms with Crippen molar-refractivity contribution < 1.29 is 4.79 Å². The van der Waals surface area contributed by atoms with Crippen molar-refractivity contribution in [2.45, 2.75) is 26.8 Å². The van der Waals surface area contributed by atoms with Crippen LogP contribution in [0.2, 0.25) is 10.0 Å². The number of carbonyl (C=O) groups excluding carboxylic acids is 1. The molecule has 0 radical (unpaired) electrons. The zero-order valence-corrected chi connectivity index (χ0v) is 18.3. The van der Waals surface area contributed by atoms with Crippen LogP contribution in [-0.4, -0.2) is 15.3 Å². The van der Waals surface area contributed by atoms with Gasteiger partial charge in [-0.15, -0.1) is 0 Å². The zero-order chi connectivity index (χ0) is 21.3. The van der Waals surface area contributed by atoms with E-state index < -0.39 is 0 Å². The number of carbonyl (C=O) groups is 1. The van der Waals surface area contributed by atoms with Gasteiger partial charge in [0.1, 0.15) is 11.3 Å². The number of pyridine rings is 1. The van der Waals surface area contributed by atoms with Gasteiger partial charge in [-0.1, -0.05) is 60.5 Å². The third-order valence-electron chi connectivity index (χ3n) is 5.12. The molecule has 0 aliphatic carbocycles. The van der Waals surface area contributed by atoms with Crippen LogP contribution < -0.4 is 5.32 Å². The summed E-state index contributed by atoms with van der Waals surface area (Å²) in [6, 6.07) is 17.6. The lowest BCUT2D eigenvalue weighted by Gasteiger charge is -2.09. The van der Waals surface area contributed by atoms with Gasteiger partial charge in [-0.3, -0.25) is 9.20 Å². The fourth-order valence-electron chi connectivity index (χ4n) is 3.57. The summed E-state index contributed by atoms with van der Waals surface area (Å²) >= 11 is 12.1. The minimum atomic E-state index is -0.153. The second-order valence-electron chi connectivity index (χ2n) is 7.17. The molecule has 0 aliphatic rings. The van der Waals surface area contributed by atoms with Crippen LogP contribution in [0.3, 0.4) is 0 Å². The number of nitrogens with one attached hydrogen (secondary N) is 1. The van der Waals surface area contributed by atoms with Crippen LogP contribution in [0.25, 0.3) is 16.8 Å². The first-order valence-corrected chi connectivity index (χ1v) is 10.5. The number of aryl methyl sites for hydroxylation is 2.